The normalized spacial score (nSPS) is 13.9. The van der Waals surface area contributed by atoms with Gasteiger partial charge in [0.15, 0.2) is 0 Å². The highest BCUT2D eigenvalue weighted by molar-refractivity contribution is 14.1. The van der Waals surface area contributed by atoms with E-state index in [2.05, 4.69) is 72.9 Å². The van der Waals surface area contributed by atoms with Crippen molar-refractivity contribution in [1.29, 1.82) is 0 Å². The molecule has 1 heteroatoms. The molecule has 0 fully saturated rings. The average Bonchev–Trinajstić information content (AvgIpc) is 2.43. The third-order valence-corrected chi connectivity index (χ3v) is 3.86. The van der Waals surface area contributed by atoms with E-state index in [-0.39, 0.29) is 0 Å². The van der Waals surface area contributed by atoms with Gasteiger partial charge in [-0.05, 0) is 44.9 Å². The minimum Gasteiger partial charge on any atom is -0.0882 e. The molecule has 0 bridgehead atoms. The Bertz CT molecular complexity index is 261. The van der Waals surface area contributed by atoms with E-state index >= 15 is 0 Å². The standard InChI is InChI=1S/C19H33I/c1-3-4-5-6-7-8-9-10-11-12-13-14-15-16-17-18-19(2)20/h7-8,10-11,13-14,19H,3-6,9,12,15-18H2,1-2H3. The molecule has 1 unspecified atom stereocenters. The molecule has 0 nitrogen and oxygen atoms in total. The smallest absolute Gasteiger partial charge is 0.00813 e. The number of rotatable bonds is 13. The number of alkyl halides is 1. The third kappa shape index (κ3) is 17.9. The summed E-state index contributed by atoms with van der Waals surface area (Å²) in [6.45, 7) is 4.55. The highest BCUT2D eigenvalue weighted by Crippen LogP contribution is 2.10. The fourth-order valence-corrected chi connectivity index (χ4v) is 2.42. The van der Waals surface area contributed by atoms with Gasteiger partial charge >= 0.3 is 0 Å². The molecule has 0 aliphatic heterocycles. The number of unbranched alkanes of at least 4 members (excludes halogenated alkanes) is 5. The fraction of sp³-hybridized carbons (Fsp3) is 0.684. The minimum absolute atomic E-state index is 0.828. The van der Waals surface area contributed by atoms with Gasteiger partial charge in [-0.2, -0.15) is 0 Å². The molecule has 0 aliphatic rings. The molecule has 116 valence electrons. The van der Waals surface area contributed by atoms with Crippen LogP contribution in [0.15, 0.2) is 36.5 Å². The minimum atomic E-state index is 0.828. The third-order valence-electron chi connectivity index (χ3n) is 3.24. The summed E-state index contributed by atoms with van der Waals surface area (Å²) in [7, 11) is 0. The SMILES string of the molecule is CCCCCC=CCC=CCC=CCCCCC(C)I. The summed E-state index contributed by atoms with van der Waals surface area (Å²) in [5.74, 6) is 0. The summed E-state index contributed by atoms with van der Waals surface area (Å²) in [5, 5.41) is 0. The molecule has 0 radical (unpaired) electrons. The molecule has 0 saturated heterocycles. The van der Waals surface area contributed by atoms with Crippen molar-refractivity contribution in [1.82, 2.24) is 0 Å². The number of allylic oxidation sites excluding steroid dienone is 6. The van der Waals surface area contributed by atoms with Crippen molar-refractivity contribution in [3.8, 4) is 0 Å². The Morgan fingerprint density at radius 1 is 0.750 bits per heavy atom. The van der Waals surface area contributed by atoms with Gasteiger partial charge in [-0.1, -0.05) is 92.2 Å². The van der Waals surface area contributed by atoms with E-state index < -0.39 is 0 Å². The predicted octanol–water partition coefficient (Wildman–Crippen LogP) is 7.40. The summed E-state index contributed by atoms with van der Waals surface area (Å²) in [4.78, 5) is 0. The van der Waals surface area contributed by atoms with Gasteiger partial charge in [-0.25, -0.2) is 0 Å². The van der Waals surface area contributed by atoms with Crippen molar-refractivity contribution in [2.75, 3.05) is 0 Å². The summed E-state index contributed by atoms with van der Waals surface area (Å²) < 4.78 is 0.828. The maximum Gasteiger partial charge on any atom is 0.00813 e. The molecule has 0 rings (SSSR count). The number of hydrogen-bond acceptors (Lipinski definition) is 0. The van der Waals surface area contributed by atoms with Crippen molar-refractivity contribution in [3.63, 3.8) is 0 Å². The van der Waals surface area contributed by atoms with E-state index in [1.807, 2.05) is 0 Å². The van der Waals surface area contributed by atoms with E-state index in [0.717, 1.165) is 16.8 Å². The van der Waals surface area contributed by atoms with Crippen LogP contribution in [0.5, 0.6) is 0 Å². The first-order valence-corrected chi connectivity index (χ1v) is 9.61. The number of hydrogen-bond donors (Lipinski definition) is 0. The van der Waals surface area contributed by atoms with E-state index in [1.165, 1.54) is 51.4 Å². The van der Waals surface area contributed by atoms with Gasteiger partial charge in [0.05, 0.1) is 0 Å². The van der Waals surface area contributed by atoms with Crippen LogP contribution >= 0.6 is 22.6 Å². The van der Waals surface area contributed by atoms with Gasteiger partial charge in [-0.3, -0.25) is 0 Å². The summed E-state index contributed by atoms with van der Waals surface area (Å²) >= 11 is 2.51. The monoisotopic (exact) mass is 388 g/mol. The highest BCUT2D eigenvalue weighted by Gasteiger charge is 1.93. The van der Waals surface area contributed by atoms with Crippen LogP contribution < -0.4 is 0 Å². The Balaban J connectivity index is 3.30. The van der Waals surface area contributed by atoms with E-state index in [0.29, 0.717) is 0 Å². The Kier molecular flexibility index (Phi) is 17.0. The molecule has 1 atom stereocenters. The van der Waals surface area contributed by atoms with E-state index in [1.54, 1.807) is 0 Å². The highest BCUT2D eigenvalue weighted by atomic mass is 127. The second kappa shape index (κ2) is 17.0. The molecule has 0 amide bonds. The van der Waals surface area contributed by atoms with E-state index in [9.17, 15) is 0 Å². The van der Waals surface area contributed by atoms with Gasteiger partial charge in [0.1, 0.15) is 0 Å². The Hall–Kier alpha value is -0.0500. The number of halogens is 1. The predicted molar refractivity (Wildman–Crippen MR) is 103 cm³/mol. The molecule has 0 heterocycles. The molecule has 0 aromatic rings. The lowest BCUT2D eigenvalue weighted by Gasteiger charge is -2.00. The van der Waals surface area contributed by atoms with Gasteiger partial charge in [-0.15, -0.1) is 0 Å². The van der Waals surface area contributed by atoms with Crippen LogP contribution in [0, 0.1) is 0 Å². The van der Waals surface area contributed by atoms with Crippen LogP contribution in [0.2, 0.25) is 0 Å². The zero-order chi connectivity index (χ0) is 14.9. The molecule has 0 aliphatic carbocycles. The summed E-state index contributed by atoms with van der Waals surface area (Å²) in [5.41, 5.74) is 0. The maximum absolute atomic E-state index is 2.51. The van der Waals surface area contributed by atoms with Crippen molar-refractivity contribution < 1.29 is 0 Å². The average molecular weight is 388 g/mol. The lowest BCUT2D eigenvalue weighted by atomic mass is 10.1. The lowest BCUT2D eigenvalue weighted by Crippen LogP contribution is -1.88. The molecule has 0 saturated carbocycles. The van der Waals surface area contributed by atoms with Crippen LogP contribution in [0.1, 0.15) is 78.1 Å². The van der Waals surface area contributed by atoms with Gasteiger partial charge in [0.2, 0.25) is 0 Å². The van der Waals surface area contributed by atoms with Crippen LogP contribution in [-0.4, -0.2) is 3.92 Å². The van der Waals surface area contributed by atoms with Gasteiger partial charge in [0.25, 0.3) is 0 Å². The molecular weight excluding hydrogens is 355 g/mol. The molecule has 0 N–H and O–H groups in total. The zero-order valence-electron chi connectivity index (χ0n) is 13.5. The first-order valence-electron chi connectivity index (χ1n) is 8.36. The second-order valence-electron chi connectivity index (χ2n) is 5.45. The van der Waals surface area contributed by atoms with Crippen LogP contribution in [0.3, 0.4) is 0 Å². The van der Waals surface area contributed by atoms with Crippen LogP contribution in [-0.2, 0) is 0 Å². The van der Waals surface area contributed by atoms with Crippen molar-refractivity contribution in [3.05, 3.63) is 36.5 Å². The molecule has 0 aromatic heterocycles. The molecule has 0 spiro atoms. The van der Waals surface area contributed by atoms with Gasteiger partial charge < -0.3 is 0 Å². The van der Waals surface area contributed by atoms with E-state index in [4.69, 9.17) is 0 Å². The summed E-state index contributed by atoms with van der Waals surface area (Å²) in [6, 6.07) is 0. The quantitative estimate of drug-likeness (QED) is 0.133. The zero-order valence-corrected chi connectivity index (χ0v) is 15.6. The fourth-order valence-electron chi connectivity index (χ4n) is 1.98. The Morgan fingerprint density at radius 3 is 1.75 bits per heavy atom. The Morgan fingerprint density at radius 2 is 1.25 bits per heavy atom. The van der Waals surface area contributed by atoms with Crippen molar-refractivity contribution in [2.45, 2.75) is 82.0 Å². The lowest BCUT2D eigenvalue weighted by molar-refractivity contribution is 0.693. The molecular formula is C19H33I. The van der Waals surface area contributed by atoms with Crippen molar-refractivity contribution in [2.24, 2.45) is 0 Å². The van der Waals surface area contributed by atoms with Gasteiger partial charge in [0, 0.05) is 3.92 Å². The summed E-state index contributed by atoms with van der Waals surface area (Å²) in [6.07, 6.45) is 26.6. The largest absolute Gasteiger partial charge is 0.0882 e. The topological polar surface area (TPSA) is 0 Å². The maximum atomic E-state index is 2.51. The second-order valence-corrected chi connectivity index (χ2v) is 7.57. The molecule has 20 heavy (non-hydrogen) atoms. The first kappa shape index (κ1) is 19.9. The van der Waals surface area contributed by atoms with Crippen LogP contribution in [0.25, 0.3) is 0 Å². The van der Waals surface area contributed by atoms with Crippen molar-refractivity contribution >= 4 is 22.6 Å². The Labute approximate surface area is 141 Å². The molecule has 0 aromatic carbocycles. The first-order chi connectivity index (χ1) is 9.77. The van der Waals surface area contributed by atoms with Crippen LogP contribution in [0.4, 0.5) is 0 Å².